The summed E-state index contributed by atoms with van der Waals surface area (Å²) in [5.41, 5.74) is 5.34. The first-order valence-corrected chi connectivity index (χ1v) is 8.00. The zero-order valence-electron chi connectivity index (χ0n) is 13.0. The van der Waals surface area contributed by atoms with Gasteiger partial charge < -0.3 is 15.4 Å². The van der Waals surface area contributed by atoms with Crippen molar-refractivity contribution in [3.63, 3.8) is 0 Å². The van der Waals surface area contributed by atoms with E-state index in [1.54, 1.807) is 7.11 Å². The van der Waals surface area contributed by atoms with Crippen LogP contribution in [0.2, 0.25) is 0 Å². The van der Waals surface area contributed by atoms with Crippen LogP contribution in [0.1, 0.15) is 52.4 Å². The molecule has 1 atom stereocenters. The van der Waals surface area contributed by atoms with Crippen LogP contribution in [0.3, 0.4) is 0 Å². The molecule has 1 amide bonds. The summed E-state index contributed by atoms with van der Waals surface area (Å²) in [6, 6.07) is 0.186. The number of thiocarbonyl (C=S) groups is 1. The molecule has 4 nitrogen and oxygen atoms in total. The number of nitrogens with two attached hydrogens (primary N) is 1. The van der Waals surface area contributed by atoms with E-state index in [0.717, 1.165) is 32.1 Å². The number of hydrogen-bond acceptors (Lipinski definition) is 3. The Morgan fingerprint density at radius 3 is 2.45 bits per heavy atom. The summed E-state index contributed by atoms with van der Waals surface area (Å²) < 4.78 is 5.14. The Balaban J connectivity index is 2.96. The lowest BCUT2D eigenvalue weighted by molar-refractivity contribution is -0.142. The maximum Gasteiger partial charge on any atom is 0.235 e. The number of methoxy groups -OCH3 is 1. The molecular weight excluding hydrogens is 272 g/mol. The molecule has 0 radical (unpaired) electrons. The monoisotopic (exact) mass is 300 g/mol. The van der Waals surface area contributed by atoms with Gasteiger partial charge in [-0.2, -0.15) is 0 Å². The molecule has 1 aliphatic carbocycles. The Morgan fingerprint density at radius 1 is 1.40 bits per heavy atom. The fourth-order valence-corrected chi connectivity index (χ4v) is 3.22. The van der Waals surface area contributed by atoms with Crippen LogP contribution in [0.15, 0.2) is 0 Å². The maximum absolute atomic E-state index is 13.1. The quantitative estimate of drug-likeness (QED) is 0.734. The predicted molar refractivity (Wildman–Crippen MR) is 85.6 cm³/mol. The molecule has 0 saturated heterocycles. The standard InChI is InChI=1S/C15H28N2O2S/c1-4-12(2)17(10-11-19-3)14(18)15(13(16)20)8-6-5-7-9-15/h12H,4-11H2,1-3H3,(H2,16,20). The fraction of sp³-hybridized carbons (Fsp3) is 0.867. The largest absolute Gasteiger partial charge is 0.392 e. The zero-order valence-corrected chi connectivity index (χ0v) is 13.8. The molecule has 1 unspecified atom stereocenters. The highest BCUT2D eigenvalue weighted by molar-refractivity contribution is 7.80. The fourth-order valence-electron chi connectivity index (χ4n) is 2.93. The van der Waals surface area contributed by atoms with Gasteiger partial charge in [-0.05, 0) is 26.2 Å². The van der Waals surface area contributed by atoms with Crippen LogP contribution in [0.25, 0.3) is 0 Å². The minimum atomic E-state index is -0.620. The highest BCUT2D eigenvalue weighted by atomic mass is 32.1. The molecule has 0 spiro atoms. The lowest BCUT2D eigenvalue weighted by Gasteiger charge is -2.41. The molecule has 0 aromatic carbocycles. The summed E-state index contributed by atoms with van der Waals surface area (Å²) in [7, 11) is 1.66. The average Bonchev–Trinajstić information content (AvgIpc) is 2.47. The van der Waals surface area contributed by atoms with Gasteiger partial charge in [0.05, 0.1) is 17.0 Å². The van der Waals surface area contributed by atoms with E-state index in [0.29, 0.717) is 18.1 Å². The number of hydrogen-bond donors (Lipinski definition) is 1. The molecule has 0 aromatic rings. The summed E-state index contributed by atoms with van der Waals surface area (Å²) in [4.78, 5) is 15.3. The van der Waals surface area contributed by atoms with Crippen molar-refractivity contribution >= 4 is 23.1 Å². The van der Waals surface area contributed by atoms with E-state index in [4.69, 9.17) is 22.7 Å². The van der Waals surface area contributed by atoms with E-state index in [9.17, 15) is 4.79 Å². The minimum absolute atomic E-state index is 0.108. The van der Waals surface area contributed by atoms with Crippen molar-refractivity contribution in [1.29, 1.82) is 0 Å². The summed E-state index contributed by atoms with van der Waals surface area (Å²) >= 11 is 5.26. The van der Waals surface area contributed by atoms with E-state index in [1.165, 1.54) is 6.42 Å². The van der Waals surface area contributed by atoms with Gasteiger partial charge in [0.2, 0.25) is 5.91 Å². The number of ether oxygens (including phenoxy) is 1. The number of nitrogens with zero attached hydrogens (tertiary/aromatic N) is 1. The first kappa shape index (κ1) is 17.4. The molecular formula is C15H28N2O2S. The summed E-state index contributed by atoms with van der Waals surface area (Å²) in [5.74, 6) is 0.108. The van der Waals surface area contributed by atoms with Crippen LogP contribution in [-0.2, 0) is 9.53 Å². The topological polar surface area (TPSA) is 55.6 Å². The van der Waals surface area contributed by atoms with Crippen molar-refractivity contribution in [3.8, 4) is 0 Å². The van der Waals surface area contributed by atoms with E-state index in [1.807, 2.05) is 4.90 Å². The molecule has 0 heterocycles. The highest BCUT2D eigenvalue weighted by Crippen LogP contribution is 2.39. The molecule has 1 aliphatic rings. The number of amides is 1. The lowest BCUT2D eigenvalue weighted by Crippen LogP contribution is -2.54. The van der Waals surface area contributed by atoms with Gasteiger partial charge >= 0.3 is 0 Å². The minimum Gasteiger partial charge on any atom is -0.392 e. The Hall–Kier alpha value is -0.680. The molecule has 0 bridgehead atoms. The van der Waals surface area contributed by atoms with Crippen LogP contribution >= 0.6 is 12.2 Å². The third-order valence-corrected chi connectivity index (χ3v) is 4.90. The maximum atomic E-state index is 13.1. The lowest BCUT2D eigenvalue weighted by atomic mass is 9.72. The molecule has 2 N–H and O–H groups in total. The van der Waals surface area contributed by atoms with Crippen molar-refractivity contribution in [3.05, 3.63) is 0 Å². The van der Waals surface area contributed by atoms with Crippen molar-refractivity contribution in [2.45, 2.75) is 58.4 Å². The van der Waals surface area contributed by atoms with Gasteiger partial charge in [0.25, 0.3) is 0 Å². The van der Waals surface area contributed by atoms with Gasteiger partial charge in [0, 0.05) is 19.7 Å². The van der Waals surface area contributed by atoms with Gasteiger partial charge in [-0.3, -0.25) is 4.79 Å². The first-order chi connectivity index (χ1) is 9.49. The molecule has 20 heavy (non-hydrogen) atoms. The highest BCUT2D eigenvalue weighted by Gasteiger charge is 2.45. The second-order valence-electron chi connectivity index (χ2n) is 5.76. The number of carbonyl (C=O) groups is 1. The van der Waals surface area contributed by atoms with E-state index >= 15 is 0 Å². The SMILES string of the molecule is CCC(C)N(CCOC)C(=O)C1(C(N)=S)CCCCC1. The molecule has 1 saturated carbocycles. The Kier molecular flexibility index (Phi) is 6.89. The normalized spacial score (nSPS) is 19.4. The van der Waals surface area contributed by atoms with Crippen LogP contribution in [0, 0.1) is 5.41 Å². The summed E-state index contributed by atoms with van der Waals surface area (Å²) in [5, 5.41) is 0. The third kappa shape index (κ3) is 3.70. The molecule has 0 aliphatic heterocycles. The van der Waals surface area contributed by atoms with Crippen molar-refractivity contribution in [1.82, 2.24) is 4.90 Å². The summed E-state index contributed by atoms with van der Waals surface area (Å²) in [6.45, 7) is 5.31. The third-order valence-electron chi connectivity index (χ3n) is 4.51. The van der Waals surface area contributed by atoms with Gasteiger partial charge in [0.1, 0.15) is 0 Å². The second-order valence-corrected chi connectivity index (χ2v) is 6.20. The van der Waals surface area contributed by atoms with Crippen LogP contribution in [0.4, 0.5) is 0 Å². The Morgan fingerprint density at radius 2 is 2.00 bits per heavy atom. The Labute approximate surface area is 128 Å². The van der Waals surface area contributed by atoms with Crippen molar-refractivity contribution < 1.29 is 9.53 Å². The van der Waals surface area contributed by atoms with Crippen LogP contribution in [-0.4, -0.2) is 42.1 Å². The summed E-state index contributed by atoms with van der Waals surface area (Å²) in [6.07, 6.45) is 5.73. The second kappa shape index (κ2) is 7.93. The van der Waals surface area contributed by atoms with Gasteiger partial charge in [-0.25, -0.2) is 0 Å². The van der Waals surface area contributed by atoms with Crippen LogP contribution < -0.4 is 5.73 Å². The molecule has 116 valence electrons. The van der Waals surface area contributed by atoms with E-state index in [-0.39, 0.29) is 11.9 Å². The van der Waals surface area contributed by atoms with Crippen molar-refractivity contribution in [2.75, 3.05) is 20.3 Å². The molecule has 1 fully saturated rings. The zero-order chi connectivity index (χ0) is 15.2. The molecule has 0 aromatic heterocycles. The predicted octanol–water partition coefficient (Wildman–Crippen LogP) is 2.50. The van der Waals surface area contributed by atoms with Gasteiger partial charge in [-0.15, -0.1) is 0 Å². The molecule has 1 rings (SSSR count). The van der Waals surface area contributed by atoms with Crippen molar-refractivity contribution in [2.24, 2.45) is 11.1 Å². The average molecular weight is 300 g/mol. The smallest absolute Gasteiger partial charge is 0.235 e. The number of carbonyl (C=O) groups excluding carboxylic acids is 1. The Bertz CT molecular complexity index is 341. The first-order valence-electron chi connectivity index (χ1n) is 7.59. The van der Waals surface area contributed by atoms with Gasteiger partial charge in [-0.1, -0.05) is 38.4 Å². The van der Waals surface area contributed by atoms with E-state index < -0.39 is 5.41 Å². The molecule has 5 heteroatoms. The van der Waals surface area contributed by atoms with Gasteiger partial charge in [0.15, 0.2) is 0 Å². The number of rotatable bonds is 7. The van der Waals surface area contributed by atoms with E-state index in [2.05, 4.69) is 13.8 Å². The van der Waals surface area contributed by atoms with Crippen LogP contribution in [0.5, 0.6) is 0 Å².